The Morgan fingerprint density at radius 1 is 0.971 bits per heavy atom. The number of ether oxygens (including phenoxy) is 1. The van der Waals surface area contributed by atoms with Gasteiger partial charge in [-0.3, -0.25) is 9.69 Å². The van der Waals surface area contributed by atoms with Crippen molar-refractivity contribution in [2.75, 3.05) is 39.8 Å². The van der Waals surface area contributed by atoms with Gasteiger partial charge in [-0.1, -0.05) is 56.3 Å². The van der Waals surface area contributed by atoms with Crippen LogP contribution in [-0.4, -0.2) is 61.6 Å². The third-order valence-corrected chi connectivity index (χ3v) is 8.92. The number of methoxy groups -OCH3 is 1. The lowest BCUT2D eigenvalue weighted by Crippen LogP contribution is -2.53. The molecule has 0 aromatic heterocycles. The van der Waals surface area contributed by atoms with Gasteiger partial charge >= 0.3 is 0 Å². The Morgan fingerprint density at radius 2 is 1.66 bits per heavy atom. The van der Waals surface area contributed by atoms with E-state index in [9.17, 15) is 4.79 Å². The molecule has 5 rings (SSSR count). The van der Waals surface area contributed by atoms with Gasteiger partial charge in [-0.2, -0.15) is 0 Å². The van der Waals surface area contributed by atoms with E-state index in [0.29, 0.717) is 36.2 Å². The van der Waals surface area contributed by atoms with Gasteiger partial charge in [0, 0.05) is 38.1 Å². The van der Waals surface area contributed by atoms with E-state index in [1.54, 1.807) is 7.11 Å². The minimum absolute atomic E-state index is 0.155. The summed E-state index contributed by atoms with van der Waals surface area (Å²) >= 11 is 0. The highest BCUT2D eigenvalue weighted by Crippen LogP contribution is 2.44. The second kappa shape index (κ2) is 10.3. The van der Waals surface area contributed by atoms with E-state index in [0.717, 1.165) is 57.7 Å². The van der Waals surface area contributed by atoms with Gasteiger partial charge in [0.05, 0.1) is 12.5 Å². The molecule has 2 aromatic rings. The van der Waals surface area contributed by atoms with Gasteiger partial charge in [0.1, 0.15) is 5.75 Å². The van der Waals surface area contributed by atoms with E-state index in [4.69, 9.17) is 4.74 Å². The summed E-state index contributed by atoms with van der Waals surface area (Å²) in [6.45, 7) is 10.6. The fourth-order valence-electron chi connectivity index (χ4n) is 7.02. The summed E-state index contributed by atoms with van der Waals surface area (Å²) < 4.78 is 5.28. The first kappa shape index (κ1) is 24.3. The highest BCUT2D eigenvalue weighted by molar-refractivity contribution is 5.85. The van der Waals surface area contributed by atoms with Crippen LogP contribution in [-0.2, 0) is 11.3 Å². The summed E-state index contributed by atoms with van der Waals surface area (Å²) in [7, 11) is 1.68. The Balaban J connectivity index is 1.24. The summed E-state index contributed by atoms with van der Waals surface area (Å²) in [5, 5.41) is 3.69. The van der Waals surface area contributed by atoms with Crippen molar-refractivity contribution in [1.29, 1.82) is 0 Å². The molecule has 0 radical (unpaired) electrons. The molecule has 1 N–H and O–H groups in total. The maximum absolute atomic E-state index is 13.6. The van der Waals surface area contributed by atoms with Crippen LogP contribution < -0.4 is 10.1 Å². The molecular formula is C30H41N3O2. The van der Waals surface area contributed by atoms with Crippen molar-refractivity contribution in [1.82, 2.24) is 15.1 Å². The molecule has 0 saturated carbocycles. The maximum atomic E-state index is 13.6. The topological polar surface area (TPSA) is 44.8 Å². The van der Waals surface area contributed by atoms with E-state index < -0.39 is 0 Å². The number of rotatable bonds is 7. The molecule has 5 heteroatoms. The van der Waals surface area contributed by atoms with Gasteiger partial charge in [-0.05, 0) is 67.4 Å². The maximum Gasteiger partial charge on any atom is 0.229 e. The molecule has 0 aliphatic carbocycles. The number of carbonyl (C=O) groups excluding carboxylic acids is 1. The molecule has 1 amide bonds. The van der Waals surface area contributed by atoms with Crippen LogP contribution in [0.15, 0.2) is 54.6 Å². The quantitative estimate of drug-likeness (QED) is 0.639. The van der Waals surface area contributed by atoms with Gasteiger partial charge in [-0.15, -0.1) is 0 Å². The fourth-order valence-corrected chi connectivity index (χ4v) is 7.02. The minimum Gasteiger partial charge on any atom is -0.497 e. The number of hydrogen-bond acceptors (Lipinski definition) is 4. The minimum atomic E-state index is -0.155. The average Bonchev–Trinajstić information content (AvgIpc) is 3.47. The van der Waals surface area contributed by atoms with Crippen LogP contribution in [0.4, 0.5) is 0 Å². The van der Waals surface area contributed by atoms with Gasteiger partial charge < -0.3 is 15.0 Å². The van der Waals surface area contributed by atoms with Crippen LogP contribution in [0.2, 0.25) is 0 Å². The summed E-state index contributed by atoms with van der Waals surface area (Å²) in [5.74, 6) is 2.99. The van der Waals surface area contributed by atoms with Crippen LogP contribution in [0.1, 0.15) is 50.2 Å². The van der Waals surface area contributed by atoms with Gasteiger partial charge in [0.25, 0.3) is 0 Å². The van der Waals surface area contributed by atoms with Crippen LogP contribution in [0.25, 0.3) is 0 Å². The van der Waals surface area contributed by atoms with E-state index in [1.807, 2.05) is 12.1 Å². The summed E-state index contributed by atoms with van der Waals surface area (Å²) in [4.78, 5) is 18.4. The molecule has 3 saturated heterocycles. The molecule has 188 valence electrons. The van der Waals surface area contributed by atoms with Crippen molar-refractivity contribution in [3.05, 3.63) is 65.7 Å². The van der Waals surface area contributed by atoms with Crippen molar-refractivity contribution in [2.24, 2.45) is 17.3 Å². The molecule has 2 aromatic carbocycles. The molecule has 3 atom stereocenters. The number of benzene rings is 2. The summed E-state index contributed by atoms with van der Waals surface area (Å²) in [6.07, 6.45) is 2.98. The predicted octanol–water partition coefficient (Wildman–Crippen LogP) is 4.54. The second-order valence-electron chi connectivity index (χ2n) is 11.2. The molecular weight excluding hydrogens is 434 g/mol. The standard InChI is InChI=1S/C30H41N3O2/c1-22(2)28(27-20-31-19-26(27)24-7-5-4-6-8-24)32-16-13-30(14-17-32)15-18-33(29(30)34)21-23-9-11-25(35-3)12-10-23/h4-12,22,26-28,31H,13-21H2,1-3H3/t26-,27-,28?/m1/s1. The lowest BCUT2D eigenvalue weighted by molar-refractivity contribution is -0.139. The Bertz CT molecular complexity index is 982. The normalized spacial score (nSPS) is 25.5. The Labute approximate surface area is 210 Å². The second-order valence-corrected chi connectivity index (χ2v) is 11.2. The molecule has 3 aliphatic heterocycles. The zero-order valence-electron chi connectivity index (χ0n) is 21.6. The zero-order chi connectivity index (χ0) is 24.4. The van der Waals surface area contributed by atoms with Crippen molar-refractivity contribution in [3.63, 3.8) is 0 Å². The predicted molar refractivity (Wildman–Crippen MR) is 140 cm³/mol. The lowest BCUT2D eigenvalue weighted by Gasteiger charge is -2.46. The van der Waals surface area contributed by atoms with Crippen LogP contribution in [0, 0.1) is 17.3 Å². The number of nitrogens with one attached hydrogen (secondary N) is 1. The Morgan fingerprint density at radius 3 is 2.31 bits per heavy atom. The van der Waals surface area contributed by atoms with Gasteiger partial charge in [-0.25, -0.2) is 0 Å². The monoisotopic (exact) mass is 475 g/mol. The SMILES string of the molecule is COc1ccc(CN2CCC3(CCN(C(C(C)C)[C@@H]4CNC[C@@H]4c4ccccc4)CC3)C2=O)cc1. The van der Waals surface area contributed by atoms with E-state index in [2.05, 4.69) is 71.4 Å². The van der Waals surface area contributed by atoms with E-state index in [1.165, 1.54) is 11.1 Å². The third-order valence-electron chi connectivity index (χ3n) is 8.92. The molecule has 5 nitrogen and oxygen atoms in total. The molecule has 1 unspecified atom stereocenters. The number of piperidine rings is 1. The highest BCUT2D eigenvalue weighted by Gasteiger charge is 2.50. The first-order valence-corrected chi connectivity index (χ1v) is 13.4. The van der Waals surface area contributed by atoms with Crippen molar-refractivity contribution in [2.45, 2.75) is 51.6 Å². The van der Waals surface area contributed by atoms with Crippen LogP contribution in [0.3, 0.4) is 0 Å². The largest absolute Gasteiger partial charge is 0.497 e. The molecule has 35 heavy (non-hydrogen) atoms. The van der Waals surface area contributed by atoms with Crippen molar-refractivity contribution in [3.8, 4) is 5.75 Å². The average molecular weight is 476 g/mol. The van der Waals surface area contributed by atoms with Crippen molar-refractivity contribution < 1.29 is 9.53 Å². The molecule has 3 fully saturated rings. The first-order valence-electron chi connectivity index (χ1n) is 13.4. The Hall–Kier alpha value is -2.37. The van der Waals surface area contributed by atoms with Gasteiger partial charge in [0.15, 0.2) is 0 Å². The third kappa shape index (κ3) is 4.85. The number of likely N-dealkylation sites (tertiary alicyclic amines) is 2. The van der Waals surface area contributed by atoms with E-state index in [-0.39, 0.29) is 5.41 Å². The highest BCUT2D eigenvalue weighted by atomic mass is 16.5. The smallest absolute Gasteiger partial charge is 0.229 e. The molecule has 1 spiro atoms. The summed E-state index contributed by atoms with van der Waals surface area (Å²) in [5.41, 5.74) is 2.48. The number of nitrogens with zero attached hydrogens (tertiary/aromatic N) is 2. The van der Waals surface area contributed by atoms with Crippen LogP contribution in [0.5, 0.6) is 5.75 Å². The van der Waals surface area contributed by atoms with Crippen molar-refractivity contribution >= 4 is 5.91 Å². The Kier molecular flexibility index (Phi) is 7.17. The summed E-state index contributed by atoms with van der Waals surface area (Å²) in [6, 6.07) is 19.7. The lowest BCUT2D eigenvalue weighted by atomic mass is 9.74. The van der Waals surface area contributed by atoms with E-state index >= 15 is 0 Å². The first-order chi connectivity index (χ1) is 17.0. The molecule has 0 bridgehead atoms. The number of carbonyl (C=O) groups is 1. The van der Waals surface area contributed by atoms with Crippen LogP contribution >= 0.6 is 0 Å². The van der Waals surface area contributed by atoms with Gasteiger partial charge in [0.2, 0.25) is 5.91 Å². The zero-order valence-corrected chi connectivity index (χ0v) is 21.6. The fraction of sp³-hybridized carbons (Fsp3) is 0.567. The molecule has 3 heterocycles. The number of hydrogen-bond donors (Lipinski definition) is 1. The number of amides is 1. The molecule has 3 aliphatic rings.